The van der Waals surface area contributed by atoms with Gasteiger partial charge in [0.1, 0.15) is 11.2 Å². The normalized spacial score (nSPS) is 11.6. The first-order chi connectivity index (χ1) is 22.3. The van der Waals surface area contributed by atoms with Gasteiger partial charge in [0.25, 0.3) is 0 Å². The molecule has 0 atom stereocenters. The fourth-order valence-corrected chi connectivity index (χ4v) is 7.53. The molecule has 3 heteroatoms. The monoisotopic (exact) mass is 593 g/mol. The highest BCUT2D eigenvalue weighted by Crippen LogP contribution is 2.41. The van der Waals surface area contributed by atoms with Gasteiger partial charge in [0, 0.05) is 48.0 Å². The molecule has 0 fully saturated rings. The van der Waals surface area contributed by atoms with Gasteiger partial charge in [-0.25, -0.2) is 0 Å². The molecule has 0 aliphatic carbocycles. The van der Waals surface area contributed by atoms with Crippen molar-refractivity contribution in [2.24, 2.45) is 0 Å². The van der Waals surface area contributed by atoms with E-state index in [1.165, 1.54) is 42.4 Å². The van der Waals surface area contributed by atoms with E-state index in [1.807, 2.05) is 23.5 Å². The number of nitrogens with zero attached hydrogens (tertiary/aromatic N) is 1. The number of anilines is 3. The highest BCUT2D eigenvalue weighted by atomic mass is 32.1. The molecule has 0 saturated heterocycles. The molecule has 0 amide bonds. The molecule has 0 spiro atoms. The predicted molar refractivity (Wildman–Crippen MR) is 192 cm³/mol. The Hall–Kier alpha value is -5.64. The molecule has 2 heterocycles. The second-order valence-corrected chi connectivity index (χ2v) is 12.5. The van der Waals surface area contributed by atoms with Gasteiger partial charge in [0.05, 0.1) is 0 Å². The molecular formula is C42H27NOS. The van der Waals surface area contributed by atoms with Crippen LogP contribution < -0.4 is 4.90 Å². The van der Waals surface area contributed by atoms with Crippen LogP contribution in [-0.2, 0) is 0 Å². The fourth-order valence-electron chi connectivity index (χ4n) is 6.44. The Morgan fingerprint density at radius 1 is 0.356 bits per heavy atom. The van der Waals surface area contributed by atoms with Gasteiger partial charge in [-0.15, -0.1) is 11.3 Å². The average Bonchev–Trinajstić information content (AvgIpc) is 3.67. The molecule has 9 rings (SSSR count). The molecular weight excluding hydrogens is 567 g/mol. The standard InChI is InChI=1S/C42H27NOS/c1-2-8-28(9-3-1)29-14-19-32(20-15-29)43(34-23-25-42-38(27-34)36-11-5-7-13-41(36)45-42)33-21-16-30(17-22-33)31-18-24-40-37(26-31)35-10-4-6-12-39(35)44-40/h1-27H. The van der Waals surface area contributed by atoms with Crippen LogP contribution in [0, 0.1) is 0 Å². The van der Waals surface area contributed by atoms with Crippen molar-refractivity contribution in [3.63, 3.8) is 0 Å². The van der Waals surface area contributed by atoms with Crippen molar-refractivity contribution >= 4 is 70.5 Å². The first-order valence-corrected chi connectivity index (χ1v) is 16.0. The number of para-hydroxylation sites is 1. The van der Waals surface area contributed by atoms with Crippen LogP contribution >= 0.6 is 11.3 Å². The minimum atomic E-state index is 0.915. The maximum Gasteiger partial charge on any atom is 0.135 e. The Morgan fingerprint density at radius 3 is 1.69 bits per heavy atom. The summed E-state index contributed by atoms with van der Waals surface area (Å²) in [7, 11) is 0. The summed E-state index contributed by atoms with van der Waals surface area (Å²) in [6, 6.07) is 58.6. The van der Waals surface area contributed by atoms with E-state index in [-0.39, 0.29) is 0 Å². The topological polar surface area (TPSA) is 16.4 Å². The number of benzene rings is 7. The van der Waals surface area contributed by atoms with Crippen LogP contribution in [0.1, 0.15) is 0 Å². The summed E-state index contributed by atoms with van der Waals surface area (Å²) in [4.78, 5) is 2.36. The van der Waals surface area contributed by atoms with Gasteiger partial charge >= 0.3 is 0 Å². The van der Waals surface area contributed by atoms with Crippen LogP contribution in [0.5, 0.6) is 0 Å². The molecule has 9 aromatic rings. The second kappa shape index (κ2) is 10.5. The van der Waals surface area contributed by atoms with Crippen LogP contribution in [-0.4, -0.2) is 0 Å². The SMILES string of the molecule is c1ccc(-c2ccc(N(c3ccc(-c4ccc5oc6ccccc6c5c4)cc3)c3ccc4sc5ccccc5c4c3)cc2)cc1. The lowest BCUT2D eigenvalue weighted by Crippen LogP contribution is -2.09. The van der Waals surface area contributed by atoms with E-state index in [1.54, 1.807) is 0 Å². The molecule has 45 heavy (non-hydrogen) atoms. The van der Waals surface area contributed by atoms with Crippen LogP contribution in [0.15, 0.2) is 168 Å². The van der Waals surface area contributed by atoms with Gasteiger partial charge in [-0.05, 0) is 89.0 Å². The molecule has 0 aliphatic rings. The predicted octanol–water partition coefficient (Wildman–Crippen LogP) is 12.8. The first-order valence-electron chi connectivity index (χ1n) is 15.2. The zero-order valence-electron chi connectivity index (χ0n) is 24.4. The van der Waals surface area contributed by atoms with E-state index in [2.05, 4.69) is 157 Å². The number of thiophene rings is 1. The van der Waals surface area contributed by atoms with Gasteiger partial charge in [0.15, 0.2) is 0 Å². The number of furan rings is 1. The second-order valence-electron chi connectivity index (χ2n) is 11.4. The van der Waals surface area contributed by atoms with Crippen molar-refractivity contribution in [3.05, 3.63) is 164 Å². The van der Waals surface area contributed by atoms with E-state index in [0.29, 0.717) is 0 Å². The Bertz CT molecular complexity index is 2470. The zero-order chi connectivity index (χ0) is 29.7. The average molecular weight is 594 g/mol. The molecule has 212 valence electrons. The minimum absolute atomic E-state index is 0.915. The van der Waals surface area contributed by atoms with Gasteiger partial charge in [-0.2, -0.15) is 0 Å². The van der Waals surface area contributed by atoms with E-state index in [0.717, 1.165) is 39.0 Å². The molecule has 0 bridgehead atoms. The molecule has 7 aromatic carbocycles. The molecule has 2 nitrogen and oxygen atoms in total. The highest BCUT2D eigenvalue weighted by molar-refractivity contribution is 7.25. The van der Waals surface area contributed by atoms with Crippen molar-refractivity contribution in [2.45, 2.75) is 0 Å². The third kappa shape index (κ3) is 4.48. The molecule has 0 aliphatic heterocycles. The molecule has 0 unspecified atom stereocenters. The van der Waals surface area contributed by atoms with Crippen LogP contribution in [0.2, 0.25) is 0 Å². The molecule has 0 N–H and O–H groups in total. The minimum Gasteiger partial charge on any atom is -0.456 e. The van der Waals surface area contributed by atoms with E-state index in [4.69, 9.17) is 4.42 Å². The highest BCUT2D eigenvalue weighted by Gasteiger charge is 2.16. The lowest BCUT2D eigenvalue weighted by molar-refractivity contribution is 0.669. The third-order valence-corrected chi connectivity index (χ3v) is 9.84. The van der Waals surface area contributed by atoms with Crippen molar-refractivity contribution in [3.8, 4) is 22.3 Å². The number of hydrogen-bond acceptors (Lipinski definition) is 3. The van der Waals surface area contributed by atoms with Crippen molar-refractivity contribution in [2.75, 3.05) is 4.90 Å². The van der Waals surface area contributed by atoms with Crippen molar-refractivity contribution in [1.82, 2.24) is 0 Å². The summed E-state index contributed by atoms with van der Waals surface area (Å²) in [6.07, 6.45) is 0. The maximum absolute atomic E-state index is 6.07. The maximum atomic E-state index is 6.07. The van der Waals surface area contributed by atoms with Gasteiger partial charge in [-0.1, -0.05) is 97.1 Å². The Labute approximate surface area is 265 Å². The smallest absolute Gasteiger partial charge is 0.135 e. The molecule has 2 aromatic heterocycles. The van der Waals surface area contributed by atoms with E-state index < -0.39 is 0 Å². The lowest BCUT2D eigenvalue weighted by atomic mass is 10.0. The number of rotatable bonds is 5. The van der Waals surface area contributed by atoms with Crippen molar-refractivity contribution < 1.29 is 4.42 Å². The molecule has 0 radical (unpaired) electrons. The quantitative estimate of drug-likeness (QED) is 0.197. The zero-order valence-corrected chi connectivity index (χ0v) is 25.2. The van der Waals surface area contributed by atoms with Gasteiger partial charge < -0.3 is 9.32 Å². The lowest BCUT2D eigenvalue weighted by Gasteiger charge is -2.26. The van der Waals surface area contributed by atoms with Crippen LogP contribution in [0.3, 0.4) is 0 Å². The Kier molecular flexibility index (Phi) is 6.03. The summed E-state index contributed by atoms with van der Waals surface area (Å²) in [5, 5.41) is 4.88. The number of hydrogen-bond donors (Lipinski definition) is 0. The summed E-state index contributed by atoms with van der Waals surface area (Å²) >= 11 is 1.85. The summed E-state index contributed by atoms with van der Waals surface area (Å²) < 4.78 is 8.69. The Morgan fingerprint density at radius 2 is 0.911 bits per heavy atom. The summed E-state index contributed by atoms with van der Waals surface area (Å²) in [5.41, 5.74) is 9.96. The number of fused-ring (bicyclic) bond motifs is 6. The van der Waals surface area contributed by atoms with E-state index in [9.17, 15) is 0 Å². The van der Waals surface area contributed by atoms with Gasteiger partial charge in [0.2, 0.25) is 0 Å². The fraction of sp³-hybridized carbons (Fsp3) is 0. The summed E-state index contributed by atoms with van der Waals surface area (Å²) in [6.45, 7) is 0. The van der Waals surface area contributed by atoms with Crippen molar-refractivity contribution in [1.29, 1.82) is 0 Å². The van der Waals surface area contributed by atoms with E-state index >= 15 is 0 Å². The third-order valence-electron chi connectivity index (χ3n) is 8.69. The van der Waals surface area contributed by atoms with Gasteiger partial charge in [-0.3, -0.25) is 0 Å². The largest absolute Gasteiger partial charge is 0.456 e. The van der Waals surface area contributed by atoms with Crippen LogP contribution in [0.4, 0.5) is 17.1 Å². The Balaban J connectivity index is 1.15. The summed E-state index contributed by atoms with van der Waals surface area (Å²) in [5.74, 6) is 0. The molecule has 0 saturated carbocycles. The van der Waals surface area contributed by atoms with Crippen LogP contribution in [0.25, 0.3) is 64.4 Å². The first kappa shape index (κ1) is 25.8.